The molecule has 4 nitrogen and oxygen atoms in total. The molecule has 0 atom stereocenters. The summed E-state index contributed by atoms with van der Waals surface area (Å²) in [7, 11) is 0. The highest BCUT2D eigenvalue weighted by Gasteiger charge is 1.96. The first kappa shape index (κ1) is 11.1. The molecule has 0 amide bonds. The number of imidazole rings is 2. The minimum absolute atomic E-state index is 0.820. The van der Waals surface area contributed by atoms with Crippen molar-refractivity contribution in [2.75, 3.05) is 0 Å². The molecule has 16 heavy (non-hydrogen) atoms. The molecule has 0 aliphatic heterocycles. The second kappa shape index (κ2) is 5.12. The summed E-state index contributed by atoms with van der Waals surface area (Å²) in [4.78, 5) is 7.14. The molecule has 0 saturated heterocycles. The summed E-state index contributed by atoms with van der Waals surface area (Å²) in [5.74, 6) is 0. The van der Waals surface area contributed by atoms with Gasteiger partial charge in [-0.15, -0.1) is 0 Å². The maximum absolute atomic E-state index is 5.19. The summed E-state index contributed by atoms with van der Waals surface area (Å²) in [6.07, 6.45) is 10.00. The number of nitrogens with one attached hydrogen (secondary N) is 1. The Morgan fingerprint density at radius 3 is 2.81 bits per heavy atom. The predicted octanol–water partition coefficient (Wildman–Crippen LogP) is 2.53. The van der Waals surface area contributed by atoms with Gasteiger partial charge in [-0.2, -0.15) is 0 Å². The normalized spacial score (nSPS) is 10.8. The number of hydrogen-bond acceptors (Lipinski definition) is 2. The summed E-state index contributed by atoms with van der Waals surface area (Å²) >= 11 is 5.19. The van der Waals surface area contributed by atoms with Crippen LogP contribution in [-0.4, -0.2) is 19.1 Å². The van der Waals surface area contributed by atoms with Gasteiger partial charge in [0.25, 0.3) is 0 Å². The summed E-state index contributed by atoms with van der Waals surface area (Å²) in [5, 5.41) is 0. The first-order valence-electron chi connectivity index (χ1n) is 5.47. The van der Waals surface area contributed by atoms with Gasteiger partial charge in [0.15, 0.2) is 4.77 Å². The van der Waals surface area contributed by atoms with E-state index in [1.807, 2.05) is 25.6 Å². The molecule has 0 unspecified atom stereocenters. The van der Waals surface area contributed by atoms with Crippen LogP contribution < -0.4 is 0 Å². The highest BCUT2D eigenvalue weighted by atomic mass is 32.1. The molecular weight excluding hydrogens is 220 g/mol. The average molecular weight is 236 g/mol. The maximum Gasteiger partial charge on any atom is 0.177 e. The van der Waals surface area contributed by atoms with E-state index in [-0.39, 0.29) is 0 Å². The second-order valence-corrected chi connectivity index (χ2v) is 4.33. The quantitative estimate of drug-likeness (QED) is 0.640. The first-order chi connectivity index (χ1) is 7.75. The summed E-state index contributed by atoms with van der Waals surface area (Å²) in [5.41, 5.74) is 1.12. The maximum atomic E-state index is 5.19. The molecule has 0 aliphatic carbocycles. The van der Waals surface area contributed by atoms with E-state index in [0.29, 0.717) is 0 Å². The van der Waals surface area contributed by atoms with Gasteiger partial charge in [0.2, 0.25) is 0 Å². The van der Waals surface area contributed by atoms with Gasteiger partial charge in [0.05, 0.1) is 6.33 Å². The fraction of sp³-hybridized carbons (Fsp3) is 0.455. The van der Waals surface area contributed by atoms with Gasteiger partial charge < -0.3 is 14.1 Å². The molecule has 2 aromatic rings. The average Bonchev–Trinajstić information content (AvgIpc) is 2.84. The highest BCUT2D eigenvalue weighted by molar-refractivity contribution is 7.71. The van der Waals surface area contributed by atoms with Gasteiger partial charge in [-0.05, 0) is 32.0 Å². The lowest BCUT2D eigenvalue weighted by Gasteiger charge is -2.03. The van der Waals surface area contributed by atoms with Gasteiger partial charge in [0.1, 0.15) is 0 Å². The largest absolute Gasteiger partial charge is 0.337 e. The molecule has 86 valence electrons. The Kier molecular flexibility index (Phi) is 3.56. The third-order valence-corrected chi connectivity index (χ3v) is 2.88. The van der Waals surface area contributed by atoms with Crippen molar-refractivity contribution in [3.05, 3.63) is 35.4 Å². The number of hydrogen-bond donors (Lipinski definition) is 1. The van der Waals surface area contributed by atoms with Crippen molar-refractivity contribution in [2.45, 2.75) is 32.9 Å². The number of aromatic amines is 1. The molecule has 0 bridgehead atoms. The number of nitrogens with zero attached hydrogens (tertiary/aromatic N) is 3. The first-order valence-corrected chi connectivity index (χ1v) is 5.88. The van der Waals surface area contributed by atoms with Crippen LogP contribution in [0.2, 0.25) is 0 Å². The Morgan fingerprint density at radius 1 is 1.38 bits per heavy atom. The number of rotatable bonds is 5. The van der Waals surface area contributed by atoms with Gasteiger partial charge in [-0.3, -0.25) is 0 Å². The standard InChI is InChI=1S/C11H16N4S/c1-10-8-15(11(16)13-10)6-3-2-5-14-7-4-12-9-14/h4,7-9H,2-3,5-6H2,1H3,(H,13,16). The molecular formula is C11H16N4S. The van der Waals surface area contributed by atoms with E-state index in [2.05, 4.69) is 25.3 Å². The topological polar surface area (TPSA) is 38.5 Å². The molecule has 1 N–H and O–H groups in total. The molecule has 2 heterocycles. The van der Waals surface area contributed by atoms with Crippen LogP contribution in [0.1, 0.15) is 18.5 Å². The van der Waals surface area contributed by atoms with Crippen molar-refractivity contribution in [3.8, 4) is 0 Å². The Balaban J connectivity index is 1.76. The van der Waals surface area contributed by atoms with E-state index in [9.17, 15) is 0 Å². The number of aryl methyl sites for hydroxylation is 3. The third kappa shape index (κ3) is 2.82. The van der Waals surface area contributed by atoms with Gasteiger partial charge in [0, 0.05) is 37.4 Å². The van der Waals surface area contributed by atoms with E-state index in [4.69, 9.17) is 12.2 Å². The van der Waals surface area contributed by atoms with Gasteiger partial charge >= 0.3 is 0 Å². The van der Waals surface area contributed by atoms with Crippen molar-refractivity contribution in [2.24, 2.45) is 0 Å². The van der Waals surface area contributed by atoms with Crippen LogP contribution in [0, 0.1) is 11.7 Å². The number of H-pyrrole nitrogens is 1. The monoisotopic (exact) mass is 236 g/mol. The summed E-state index contributed by atoms with van der Waals surface area (Å²) in [6, 6.07) is 0. The van der Waals surface area contributed by atoms with Crippen LogP contribution in [0.15, 0.2) is 24.9 Å². The number of unbranched alkanes of at least 4 members (excludes halogenated alkanes) is 1. The van der Waals surface area contributed by atoms with Crippen molar-refractivity contribution in [3.63, 3.8) is 0 Å². The van der Waals surface area contributed by atoms with Crippen LogP contribution >= 0.6 is 12.2 Å². The van der Waals surface area contributed by atoms with E-state index in [0.717, 1.165) is 36.4 Å². The van der Waals surface area contributed by atoms with Crippen LogP contribution in [0.3, 0.4) is 0 Å². The van der Waals surface area contributed by atoms with E-state index in [1.54, 1.807) is 0 Å². The summed E-state index contributed by atoms with van der Waals surface area (Å²) < 4.78 is 5.01. The van der Waals surface area contributed by atoms with Crippen LogP contribution in [0.4, 0.5) is 0 Å². The Morgan fingerprint density at radius 2 is 2.19 bits per heavy atom. The molecule has 0 aromatic carbocycles. The Bertz CT molecular complexity index is 480. The zero-order chi connectivity index (χ0) is 11.4. The Labute approximate surface area is 99.9 Å². The smallest absolute Gasteiger partial charge is 0.177 e. The summed E-state index contributed by atoms with van der Waals surface area (Å²) in [6.45, 7) is 4.03. The fourth-order valence-corrected chi connectivity index (χ4v) is 2.03. The minimum atomic E-state index is 0.820. The number of aromatic nitrogens is 4. The molecule has 5 heteroatoms. The molecule has 0 spiro atoms. The van der Waals surface area contributed by atoms with Crippen molar-refractivity contribution in [1.82, 2.24) is 19.1 Å². The fourth-order valence-electron chi connectivity index (χ4n) is 1.73. The van der Waals surface area contributed by atoms with Crippen LogP contribution in [-0.2, 0) is 13.1 Å². The van der Waals surface area contributed by atoms with E-state index >= 15 is 0 Å². The molecule has 2 rings (SSSR count). The molecule has 2 aromatic heterocycles. The minimum Gasteiger partial charge on any atom is -0.337 e. The highest BCUT2D eigenvalue weighted by Crippen LogP contribution is 2.02. The molecule has 0 aliphatic rings. The zero-order valence-electron chi connectivity index (χ0n) is 9.39. The van der Waals surface area contributed by atoms with Crippen LogP contribution in [0.5, 0.6) is 0 Å². The van der Waals surface area contributed by atoms with E-state index < -0.39 is 0 Å². The second-order valence-electron chi connectivity index (χ2n) is 3.94. The van der Waals surface area contributed by atoms with Crippen LogP contribution in [0.25, 0.3) is 0 Å². The lowest BCUT2D eigenvalue weighted by atomic mass is 10.3. The van der Waals surface area contributed by atoms with Crippen molar-refractivity contribution >= 4 is 12.2 Å². The lowest BCUT2D eigenvalue weighted by molar-refractivity contribution is 0.550. The van der Waals surface area contributed by atoms with Crippen molar-refractivity contribution < 1.29 is 0 Å². The van der Waals surface area contributed by atoms with Crippen molar-refractivity contribution in [1.29, 1.82) is 0 Å². The van der Waals surface area contributed by atoms with Gasteiger partial charge in [-0.1, -0.05) is 0 Å². The SMILES string of the molecule is Cc1cn(CCCCn2ccnc2)c(=S)[nH]1. The lowest BCUT2D eigenvalue weighted by Crippen LogP contribution is -2.00. The predicted molar refractivity (Wildman–Crippen MR) is 65.8 cm³/mol. The molecule has 0 radical (unpaired) electrons. The van der Waals surface area contributed by atoms with E-state index in [1.165, 1.54) is 0 Å². The molecule has 0 saturated carbocycles. The zero-order valence-corrected chi connectivity index (χ0v) is 10.2. The third-order valence-electron chi connectivity index (χ3n) is 2.54. The Hall–Kier alpha value is -1.36. The van der Waals surface area contributed by atoms with Gasteiger partial charge in [-0.25, -0.2) is 4.98 Å². The molecule has 0 fully saturated rings.